The monoisotopic (exact) mass is 275 g/mol. The van der Waals surface area contributed by atoms with Crippen LogP contribution in [0, 0.1) is 11.8 Å². The minimum atomic E-state index is 0.608. The zero-order chi connectivity index (χ0) is 14.5. The first-order valence-electron chi connectivity index (χ1n) is 7.98. The van der Waals surface area contributed by atoms with Crippen LogP contribution in [0.25, 0.3) is 0 Å². The van der Waals surface area contributed by atoms with Crippen molar-refractivity contribution in [2.45, 2.75) is 53.1 Å². The molecule has 1 saturated heterocycles. The molecular weight excluding hydrogens is 246 g/mol. The SMILES string of the molecule is CC(C)CNCc1ccc(N2CCC(C)CC2C)nc1. The normalized spacial score (nSPS) is 23.4. The van der Waals surface area contributed by atoms with Crippen molar-refractivity contribution < 1.29 is 0 Å². The van der Waals surface area contributed by atoms with Crippen LogP contribution in [0.15, 0.2) is 18.3 Å². The van der Waals surface area contributed by atoms with Crippen molar-refractivity contribution in [1.29, 1.82) is 0 Å². The number of anilines is 1. The van der Waals surface area contributed by atoms with Gasteiger partial charge in [0.15, 0.2) is 0 Å². The number of nitrogens with zero attached hydrogens (tertiary/aromatic N) is 2. The van der Waals surface area contributed by atoms with Gasteiger partial charge in [0.05, 0.1) is 0 Å². The summed E-state index contributed by atoms with van der Waals surface area (Å²) in [4.78, 5) is 7.11. The number of hydrogen-bond donors (Lipinski definition) is 1. The van der Waals surface area contributed by atoms with Gasteiger partial charge in [-0.2, -0.15) is 0 Å². The van der Waals surface area contributed by atoms with Crippen molar-refractivity contribution in [1.82, 2.24) is 10.3 Å². The minimum absolute atomic E-state index is 0.608. The molecule has 1 aliphatic heterocycles. The van der Waals surface area contributed by atoms with Gasteiger partial charge in [-0.15, -0.1) is 0 Å². The van der Waals surface area contributed by atoms with Crippen LogP contribution < -0.4 is 10.2 Å². The van der Waals surface area contributed by atoms with Crippen LogP contribution in [0.3, 0.4) is 0 Å². The van der Waals surface area contributed by atoms with E-state index in [-0.39, 0.29) is 0 Å². The van der Waals surface area contributed by atoms with E-state index in [9.17, 15) is 0 Å². The van der Waals surface area contributed by atoms with Gasteiger partial charge in [0.1, 0.15) is 5.82 Å². The molecule has 0 aromatic carbocycles. The molecule has 1 aromatic heterocycles. The van der Waals surface area contributed by atoms with E-state index in [1.54, 1.807) is 0 Å². The van der Waals surface area contributed by atoms with Gasteiger partial charge in [0, 0.05) is 25.3 Å². The summed E-state index contributed by atoms with van der Waals surface area (Å²) < 4.78 is 0. The highest BCUT2D eigenvalue weighted by Gasteiger charge is 2.23. The smallest absolute Gasteiger partial charge is 0.128 e. The second-order valence-electron chi connectivity index (χ2n) is 6.72. The average Bonchev–Trinajstić information content (AvgIpc) is 2.39. The van der Waals surface area contributed by atoms with Gasteiger partial charge in [0.25, 0.3) is 0 Å². The van der Waals surface area contributed by atoms with E-state index in [4.69, 9.17) is 0 Å². The largest absolute Gasteiger partial charge is 0.354 e. The molecule has 20 heavy (non-hydrogen) atoms. The Morgan fingerprint density at radius 1 is 1.35 bits per heavy atom. The molecule has 2 unspecified atom stereocenters. The van der Waals surface area contributed by atoms with Crippen LogP contribution in [0.2, 0.25) is 0 Å². The maximum absolute atomic E-state index is 4.66. The van der Waals surface area contributed by atoms with Crippen molar-refractivity contribution in [3.05, 3.63) is 23.9 Å². The van der Waals surface area contributed by atoms with Gasteiger partial charge in [-0.3, -0.25) is 0 Å². The number of rotatable bonds is 5. The second kappa shape index (κ2) is 7.07. The molecule has 2 rings (SSSR count). The number of aromatic nitrogens is 1. The van der Waals surface area contributed by atoms with Crippen LogP contribution in [0.1, 0.15) is 46.1 Å². The first kappa shape index (κ1) is 15.3. The van der Waals surface area contributed by atoms with Gasteiger partial charge >= 0.3 is 0 Å². The first-order valence-corrected chi connectivity index (χ1v) is 7.98. The fraction of sp³-hybridized carbons (Fsp3) is 0.706. The lowest BCUT2D eigenvalue weighted by molar-refractivity contribution is 0.376. The molecule has 0 amide bonds. The number of nitrogens with one attached hydrogen (secondary N) is 1. The zero-order valence-corrected chi connectivity index (χ0v) is 13.4. The molecule has 1 N–H and O–H groups in total. The third kappa shape index (κ3) is 4.20. The maximum atomic E-state index is 4.66. The topological polar surface area (TPSA) is 28.2 Å². The molecule has 1 fully saturated rings. The predicted molar refractivity (Wildman–Crippen MR) is 86.0 cm³/mol. The number of pyridine rings is 1. The van der Waals surface area contributed by atoms with E-state index >= 15 is 0 Å². The molecule has 0 radical (unpaired) electrons. The molecule has 2 atom stereocenters. The molecule has 2 heterocycles. The van der Waals surface area contributed by atoms with E-state index < -0.39 is 0 Å². The molecule has 0 bridgehead atoms. The summed E-state index contributed by atoms with van der Waals surface area (Å²) in [7, 11) is 0. The molecule has 0 spiro atoms. The maximum Gasteiger partial charge on any atom is 0.128 e. The van der Waals surface area contributed by atoms with E-state index in [0.29, 0.717) is 12.0 Å². The molecule has 3 heteroatoms. The Bertz CT molecular complexity index is 399. The summed E-state index contributed by atoms with van der Waals surface area (Å²) in [5.74, 6) is 2.68. The van der Waals surface area contributed by atoms with Crippen molar-refractivity contribution in [3.8, 4) is 0 Å². The summed E-state index contributed by atoms with van der Waals surface area (Å²) in [5, 5.41) is 3.46. The van der Waals surface area contributed by atoms with Crippen LogP contribution in [-0.4, -0.2) is 24.1 Å². The molecule has 1 aromatic rings. The van der Waals surface area contributed by atoms with Gasteiger partial charge < -0.3 is 10.2 Å². The van der Waals surface area contributed by atoms with Crippen LogP contribution in [0.4, 0.5) is 5.82 Å². The first-order chi connectivity index (χ1) is 9.56. The summed E-state index contributed by atoms with van der Waals surface area (Å²) >= 11 is 0. The van der Waals surface area contributed by atoms with E-state index in [0.717, 1.165) is 31.4 Å². The number of hydrogen-bond acceptors (Lipinski definition) is 3. The summed E-state index contributed by atoms with van der Waals surface area (Å²) in [6.45, 7) is 12.2. The molecule has 0 saturated carbocycles. The van der Waals surface area contributed by atoms with Crippen LogP contribution >= 0.6 is 0 Å². The standard InChI is InChI=1S/C17H29N3/c1-13(2)10-18-11-16-5-6-17(19-12-16)20-8-7-14(3)9-15(20)4/h5-6,12-15,18H,7-11H2,1-4H3. The fourth-order valence-electron chi connectivity index (χ4n) is 2.94. The Labute approximate surface area is 123 Å². The lowest BCUT2D eigenvalue weighted by Gasteiger charge is -2.37. The molecule has 112 valence electrons. The summed E-state index contributed by atoms with van der Waals surface area (Å²) in [5.41, 5.74) is 1.27. The third-order valence-corrected chi connectivity index (χ3v) is 4.12. The minimum Gasteiger partial charge on any atom is -0.354 e. The van der Waals surface area contributed by atoms with E-state index in [1.165, 1.54) is 18.4 Å². The van der Waals surface area contributed by atoms with Crippen LogP contribution in [-0.2, 0) is 6.54 Å². The van der Waals surface area contributed by atoms with E-state index in [2.05, 4.69) is 55.0 Å². The highest BCUT2D eigenvalue weighted by molar-refractivity contribution is 5.41. The van der Waals surface area contributed by atoms with Crippen molar-refractivity contribution >= 4 is 5.82 Å². The lowest BCUT2D eigenvalue weighted by atomic mass is 9.93. The van der Waals surface area contributed by atoms with Gasteiger partial charge in [-0.25, -0.2) is 4.98 Å². The Morgan fingerprint density at radius 2 is 2.15 bits per heavy atom. The Hall–Kier alpha value is -1.09. The summed E-state index contributed by atoms with van der Waals surface area (Å²) in [6, 6.07) is 5.00. The quantitative estimate of drug-likeness (QED) is 0.892. The lowest BCUT2D eigenvalue weighted by Crippen LogP contribution is -2.40. The van der Waals surface area contributed by atoms with Gasteiger partial charge in [0.2, 0.25) is 0 Å². The Balaban J connectivity index is 1.91. The molecule has 0 aliphatic carbocycles. The highest BCUT2D eigenvalue weighted by atomic mass is 15.2. The summed E-state index contributed by atoms with van der Waals surface area (Å²) in [6.07, 6.45) is 4.58. The van der Waals surface area contributed by atoms with Crippen molar-refractivity contribution in [3.63, 3.8) is 0 Å². The van der Waals surface area contributed by atoms with E-state index in [1.807, 2.05) is 6.20 Å². The second-order valence-corrected chi connectivity index (χ2v) is 6.72. The Morgan fingerprint density at radius 3 is 2.75 bits per heavy atom. The third-order valence-electron chi connectivity index (χ3n) is 4.12. The molecule has 1 aliphatic rings. The van der Waals surface area contributed by atoms with Gasteiger partial charge in [-0.1, -0.05) is 26.8 Å². The molecule has 3 nitrogen and oxygen atoms in total. The van der Waals surface area contributed by atoms with Crippen molar-refractivity contribution in [2.24, 2.45) is 11.8 Å². The van der Waals surface area contributed by atoms with Crippen molar-refractivity contribution in [2.75, 3.05) is 18.0 Å². The fourth-order valence-corrected chi connectivity index (χ4v) is 2.94. The average molecular weight is 275 g/mol. The van der Waals surface area contributed by atoms with Gasteiger partial charge in [-0.05, 0) is 49.8 Å². The highest BCUT2D eigenvalue weighted by Crippen LogP contribution is 2.26. The molecular formula is C17H29N3. The zero-order valence-electron chi connectivity index (χ0n) is 13.4. The predicted octanol–water partition coefficient (Wildman–Crippen LogP) is 3.45. The Kier molecular flexibility index (Phi) is 5.41. The number of piperidine rings is 1. The van der Waals surface area contributed by atoms with Crippen LogP contribution in [0.5, 0.6) is 0 Å².